The van der Waals surface area contributed by atoms with Gasteiger partial charge in [0.25, 0.3) is 0 Å². The summed E-state index contributed by atoms with van der Waals surface area (Å²) in [5.41, 5.74) is 5.52. The van der Waals surface area contributed by atoms with Gasteiger partial charge in [0, 0.05) is 11.1 Å². The number of ether oxygens (including phenoxy) is 1. The summed E-state index contributed by atoms with van der Waals surface area (Å²) in [6.07, 6.45) is 0.954. The Hall–Kier alpha value is -3.20. The largest absolute Gasteiger partial charge is 0.497 e. The highest BCUT2D eigenvalue weighted by Gasteiger charge is 2.37. The minimum absolute atomic E-state index is 0.0983. The first-order valence-electron chi connectivity index (χ1n) is 9.16. The Morgan fingerprint density at radius 1 is 0.926 bits per heavy atom. The highest BCUT2D eigenvalue weighted by atomic mass is 16.5. The molecule has 1 aliphatic rings. The van der Waals surface area contributed by atoms with E-state index in [0.717, 1.165) is 40.3 Å². The number of aryl methyl sites for hydroxylation is 1. The summed E-state index contributed by atoms with van der Waals surface area (Å²) in [7, 11) is 1.64. The Morgan fingerprint density at radius 2 is 1.67 bits per heavy atom. The van der Waals surface area contributed by atoms with Crippen LogP contribution in [0.5, 0.6) is 5.75 Å². The molecule has 0 aliphatic heterocycles. The van der Waals surface area contributed by atoms with E-state index in [1.165, 1.54) is 5.56 Å². The normalized spacial score (nSPS) is 17.2. The Kier molecular flexibility index (Phi) is 4.59. The molecule has 1 atom stereocenters. The minimum atomic E-state index is -0.390. The quantitative estimate of drug-likeness (QED) is 0.632. The molecule has 3 nitrogen and oxygen atoms in total. The molecule has 0 amide bonds. The molecule has 3 aromatic carbocycles. The predicted molar refractivity (Wildman–Crippen MR) is 109 cm³/mol. The Balaban J connectivity index is 1.85. The topological polar surface area (TPSA) is 38.7 Å². The lowest BCUT2D eigenvalue weighted by atomic mass is 9.93. The average Bonchev–Trinajstić information content (AvgIpc) is 3.00. The molecule has 134 valence electrons. The van der Waals surface area contributed by atoms with Crippen LogP contribution in [0.4, 0.5) is 5.69 Å². The molecule has 4 rings (SSSR count). The number of benzene rings is 3. The highest BCUT2D eigenvalue weighted by molar-refractivity contribution is 6.32. The average molecular weight is 355 g/mol. The van der Waals surface area contributed by atoms with Gasteiger partial charge in [-0.1, -0.05) is 55.5 Å². The van der Waals surface area contributed by atoms with E-state index < -0.39 is 5.92 Å². The van der Waals surface area contributed by atoms with Gasteiger partial charge in [-0.05, 0) is 41.8 Å². The number of rotatable bonds is 4. The number of Topliss-reactive ketones (excluding diaryl/α,β-unsaturated/α-hetero) is 1. The van der Waals surface area contributed by atoms with Crippen molar-refractivity contribution in [2.24, 2.45) is 4.99 Å². The molecule has 0 radical (unpaired) electrons. The van der Waals surface area contributed by atoms with Crippen molar-refractivity contribution in [3.63, 3.8) is 0 Å². The molecule has 27 heavy (non-hydrogen) atoms. The molecule has 0 unspecified atom stereocenters. The third-order valence-electron chi connectivity index (χ3n) is 5.02. The van der Waals surface area contributed by atoms with E-state index in [9.17, 15) is 4.79 Å². The van der Waals surface area contributed by atoms with Gasteiger partial charge in [-0.3, -0.25) is 9.79 Å². The Bertz CT molecular complexity index is 1020. The standard InChI is InChI=1S/C24H21NO2/c1-3-16-7-6-8-18(15-16)25-23-20-9-4-5-10-21(20)24(26)22(23)17-11-13-19(27-2)14-12-17/h4-15,22H,3H2,1-2H3/t22-/m1/s1. The summed E-state index contributed by atoms with van der Waals surface area (Å²) < 4.78 is 5.25. The van der Waals surface area contributed by atoms with Crippen LogP contribution in [0.3, 0.4) is 0 Å². The second-order valence-electron chi connectivity index (χ2n) is 6.64. The number of aliphatic imine (C=N–C) groups is 1. The number of nitrogens with zero attached hydrogens (tertiary/aromatic N) is 1. The van der Waals surface area contributed by atoms with Gasteiger partial charge in [0.1, 0.15) is 5.75 Å². The maximum Gasteiger partial charge on any atom is 0.176 e. The van der Waals surface area contributed by atoms with Crippen molar-refractivity contribution in [1.82, 2.24) is 0 Å². The molecule has 0 saturated heterocycles. The van der Waals surface area contributed by atoms with E-state index in [4.69, 9.17) is 9.73 Å². The van der Waals surface area contributed by atoms with Gasteiger partial charge in [0.05, 0.1) is 24.4 Å². The van der Waals surface area contributed by atoms with Crippen LogP contribution < -0.4 is 4.74 Å². The zero-order valence-electron chi connectivity index (χ0n) is 15.5. The molecule has 0 fully saturated rings. The van der Waals surface area contributed by atoms with Crippen molar-refractivity contribution in [3.8, 4) is 5.75 Å². The Labute approximate surface area is 159 Å². The van der Waals surface area contributed by atoms with Crippen molar-refractivity contribution in [2.75, 3.05) is 7.11 Å². The maximum atomic E-state index is 13.2. The fourth-order valence-electron chi connectivity index (χ4n) is 3.57. The number of carbonyl (C=O) groups is 1. The number of hydrogen-bond donors (Lipinski definition) is 0. The molecule has 0 saturated carbocycles. The van der Waals surface area contributed by atoms with Crippen LogP contribution in [0.2, 0.25) is 0 Å². The summed E-state index contributed by atoms with van der Waals surface area (Å²) in [5.74, 6) is 0.482. The van der Waals surface area contributed by atoms with Crippen LogP contribution in [-0.2, 0) is 6.42 Å². The second kappa shape index (κ2) is 7.20. The zero-order chi connectivity index (χ0) is 18.8. The molecule has 0 heterocycles. The Morgan fingerprint density at radius 3 is 2.37 bits per heavy atom. The van der Waals surface area contributed by atoms with Crippen LogP contribution in [0.1, 0.15) is 39.9 Å². The van der Waals surface area contributed by atoms with Crippen LogP contribution in [0, 0.1) is 0 Å². The smallest absolute Gasteiger partial charge is 0.176 e. The van der Waals surface area contributed by atoms with Crippen LogP contribution in [-0.4, -0.2) is 18.6 Å². The van der Waals surface area contributed by atoms with E-state index >= 15 is 0 Å². The first kappa shape index (κ1) is 17.2. The van der Waals surface area contributed by atoms with Gasteiger partial charge >= 0.3 is 0 Å². The lowest BCUT2D eigenvalue weighted by molar-refractivity contribution is 0.0988. The van der Waals surface area contributed by atoms with Crippen LogP contribution in [0.15, 0.2) is 77.8 Å². The SMILES string of the molecule is CCc1cccc(N=C2c3ccccc3C(=O)[C@@H]2c2ccc(OC)cc2)c1. The number of fused-ring (bicyclic) bond motifs is 1. The monoisotopic (exact) mass is 355 g/mol. The third kappa shape index (κ3) is 3.17. The fraction of sp³-hybridized carbons (Fsp3) is 0.167. The first-order chi connectivity index (χ1) is 13.2. The molecular weight excluding hydrogens is 334 g/mol. The van der Waals surface area contributed by atoms with Gasteiger partial charge in [-0.2, -0.15) is 0 Å². The van der Waals surface area contributed by atoms with Gasteiger partial charge < -0.3 is 4.74 Å². The molecule has 1 aliphatic carbocycles. The van der Waals surface area contributed by atoms with E-state index in [0.29, 0.717) is 0 Å². The lowest BCUT2D eigenvalue weighted by Gasteiger charge is -2.12. The summed E-state index contributed by atoms with van der Waals surface area (Å²) in [5, 5.41) is 0. The second-order valence-corrected chi connectivity index (χ2v) is 6.64. The summed E-state index contributed by atoms with van der Waals surface area (Å²) >= 11 is 0. The lowest BCUT2D eigenvalue weighted by Crippen LogP contribution is -2.13. The van der Waals surface area contributed by atoms with Crippen molar-refractivity contribution in [1.29, 1.82) is 0 Å². The summed E-state index contributed by atoms with van der Waals surface area (Å²) in [6, 6.07) is 23.6. The van der Waals surface area contributed by atoms with E-state index in [1.807, 2.05) is 60.7 Å². The molecule has 0 spiro atoms. The molecule has 3 heteroatoms. The number of carbonyl (C=O) groups excluding carboxylic acids is 1. The third-order valence-corrected chi connectivity index (χ3v) is 5.02. The van der Waals surface area contributed by atoms with Gasteiger partial charge in [-0.25, -0.2) is 0 Å². The van der Waals surface area contributed by atoms with Crippen molar-refractivity contribution >= 4 is 17.2 Å². The van der Waals surface area contributed by atoms with Crippen LogP contribution >= 0.6 is 0 Å². The predicted octanol–water partition coefficient (Wildman–Crippen LogP) is 5.36. The summed E-state index contributed by atoms with van der Waals surface area (Å²) in [6.45, 7) is 2.13. The first-order valence-corrected chi connectivity index (χ1v) is 9.16. The van der Waals surface area contributed by atoms with E-state index in [1.54, 1.807) is 7.11 Å². The minimum Gasteiger partial charge on any atom is -0.497 e. The van der Waals surface area contributed by atoms with Gasteiger partial charge in [-0.15, -0.1) is 0 Å². The molecule has 3 aromatic rings. The number of ketones is 1. The van der Waals surface area contributed by atoms with E-state index in [-0.39, 0.29) is 5.78 Å². The molecular formula is C24H21NO2. The molecule has 0 bridgehead atoms. The highest BCUT2D eigenvalue weighted by Crippen LogP contribution is 2.36. The number of methoxy groups -OCH3 is 1. The van der Waals surface area contributed by atoms with Gasteiger partial charge in [0.2, 0.25) is 0 Å². The van der Waals surface area contributed by atoms with E-state index in [2.05, 4.69) is 19.1 Å². The van der Waals surface area contributed by atoms with Gasteiger partial charge in [0.15, 0.2) is 5.78 Å². The fourth-order valence-corrected chi connectivity index (χ4v) is 3.57. The maximum absolute atomic E-state index is 13.2. The van der Waals surface area contributed by atoms with Crippen molar-refractivity contribution in [2.45, 2.75) is 19.3 Å². The van der Waals surface area contributed by atoms with Crippen molar-refractivity contribution in [3.05, 3.63) is 95.1 Å². The number of hydrogen-bond acceptors (Lipinski definition) is 3. The zero-order valence-corrected chi connectivity index (χ0v) is 15.5. The molecule has 0 N–H and O–H groups in total. The molecule has 0 aromatic heterocycles. The summed E-state index contributed by atoms with van der Waals surface area (Å²) in [4.78, 5) is 18.1. The van der Waals surface area contributed by atoms with Crippen LogP contribution in [0.25, 0.3) is 0 Å². The van der Waals surface area contributed by atoms with Crippen molar-refractivity contribution < 1.29 is 9.53 Å².